The minimum atomic E-state index is 0.755. The number of rotatable bonds is 6. The van der Waals surface area contributed by atoms with E-state index in [4.69, 9.17) is 4.52 Å². The monoisotopic (exact) mass is 328 g/mol. The summed E-state index contributed by atoms with van der Waals surface area (Å²) < 4.78 is 5.30. The van der Waals surface area contributed by atoms with Crippen LogP contribution in [0.1, 0.15) is 36.8 Å². The molecule has 0 bridgehead atoms. The number of aryl methyl sites for hydroxylation is 2. The standard InChI is InChI=1S/C19H28N4O/c1-4-22(14-18-15(2)21-24-16(18)3)13-17-8-11-23(12-9-17)19-7-5-6-10-20-19/h5-7,10,17H,4,8-9,11-14H2,1-3H3. The highest BCUT2D eigenvalue weighted by molar-refractivity contribution is 5.37. The van der Waals surface area contributed by atoms with Crippen molar-refractivity contribution in [1.82, 2.24) is 15.0 Å². The molecule has 0 atom stereocenters. The Labute approximate surface area is 144 Å². The summed E-state index contributed by atoms with van der Waals surface area (Å²) in [7, 11) is 0. The van der Waals surface area contributed by atoms with E-state index >= 15 is 0 Å². The molecule has 2 aromatic rings. The van der Waals surface area contributed by atoms with Gasteiger partial charge >= 0.3 is 0 Å². The van der Waals surface area contributed by atoms with Crippen LogP contribution in [-0.2, 0) is 6.54 Å². The molecule has 1 aliphatic heterocycles. The van der Waals surface area contributed by atoms with Gasteiger partial charge in [-0.05, 0) is 51.3 Å². The molecule has 1 aliphatic rings. The normalized spacial score (nSPS) is 16.1. The van der Waals surface area contributed by atoms with Gasteiger partial charge in [-0.2, -0.15) is 0 Å². The van der Waals surface area contributed by atoms with E-state index in [2.05, 4.69) is 39.0 Å². The van der Waals surface area contributed by atoms with E-state index in [9.17, 15) is 0 Å². The maximum Gasteiger partial charge on any atom is 0.138 e. The Hall–Kier alpha value is -1.88. The molecular formula is C19H28N4O. The Kier molecular flexibility index (Phi) is 5.51. The van der Waals surface area contributed by atoms with Crippen LogP contribution in [0.15, 0.2) is 28.9 Å². The summed E-state index contributed by atoms with van der Waals surface area (Å²) in [5.41, 5.74) is 2.28. The van der Waals surface area contributed by atoms with Crippen LogP contribution in [0.3, 0.4) is 0 Å². The zero-order valence-corrected chi connectivity index (χ0v) is 15.0. The molecule has 3 heterocycles. The molecule has 0 amide bonds. The van der Waals surface area contributed by atoms with Crippen molar-refractivity contribution in [3.05, 3.63) is 41.4 Å². The van der Waals surface area contributed by atoms with E-state index in [0.29, 0.717) is 0 Å². The fourth-order valence-corrected chi connectivity index (χ4v) is 3.51. The van der Waals surface area contributed by atoms with Gasteiger partial charge in [0.1, 0.15) is 11.6 Å². The SMILES string of the molecule is CCN(Cc1c(C)noc1C)CC1CCN(c2ccccn2)CC1. The Bertz CT molecular complexity index is 613. The van der Waals surface area contributed by atoms with Gasteiger partial charge in [0.15, 0.2) is 0 Å². The summed E-state index contributed by atoms with van der Waals surface area (Å²) in [5, 5.41) is 4.08. The molecule has 130 valence electrons. The maximum absolute atomic E-state index is 5.30. The van der Waals surface area contributed by atoms with Crippen LogP contribution in [0, 0.1) is 19.8 Å². The van der Waals surface area contributed by atoms with Crippen molar-refractivity contribution in [2.45, 2.75) is 40.2 Å². The van der Waals surface area contributed by atoms with Gasteiger partial charge in [0.25, 0.3) is 0 Å². The molecule has 5 heteroatoms. The maximum atomic E-state index is 5.30. The van der Waals surface area contributed by atoms with Gasteiger partial charge in [-0.25, -0.2) is 4.98 Å². The highest BCUT2D eigenvalue weighted by atomic mass is 16.5. The molecule has 24 heavy (non-hydrogen) atoms. The van der Waals surface area contributed by atoms with Gasteiger partial charge in [0.2, 0.25) is 0 Å². The number of aromatic nitrogens is 2. The van der Waals surface area contributed by atoms with Crippen LogP contribution in [-0.4, -0.2) is 41.2 Å². The lowest BCUT2D eigenvalue weighted by Gasteiger charge is -2.35. The molecular weight excluding hydrogens is 300 g/mol. The van der Waals surface area contributed by atoms with Crippen molar-refractivity contribution in [2.24, 2.45) is 5.92 Å². The first-order valence-corrected chi connectivity index (χ1v) is 8.97. The molecule has 2 aromatic heterocycles. The zero-order valence-electron chi connectivity index (χ0n) is 15.0. The van der Waals surface area contributed by atoms with Crippen LogP contribution in [0.25, 0.3) is 0 Å². The minimum Gasteiger partial charge on any atom is -0.361 e. The number of nitrogens with zero attached hydrogens (tertiary/aromatic N) is 4. The fraction of sp³-hybridized carbons (Fsp3) is 0.579. The molecule has 1 fully saturated rings. The summed E-state index contributed by atoms with van der Waals surface area (Å²) in [6.45, 7) is 11.6. The van der Waals surface area contributed by atoms with Crippen molar-refractivity contribution >= 4 is 5.82 Å². The lowest BCUT2D eigenvalue weighted by atomic mass is 9.96. The van der Waals surface area contributed by atoms with E-state index in [0.717, 1.165) is 55.9 Å². The van der Waals surface area contributed by atoms with Gasteiger partial charge in [-0.1, -0.05) is 18.1 Å². The Balaban J connectivity index is 1.53. The third-order valence-corrected chi connectivity index (χ3v) is 5.11. The number of piperidine rings is 1. The van der Waals surface area contributed by atoms with Crippen molar-refractivity contribution in [3.63, 3.8) is 0 Å². The number of pyridine rings is 1. The average Bonchev–Trinajstić information content (AvgIpc) is 2.94. The van der Waals surface area contributed by atoms with Crippen molar-refractivity contribution in [1.29, 1.82) is 0 Å². The summed E-state index contributed by atoms with van der Waals surface area (Å²) in [6.07, 6.45) is 4.34. The summed E-state index contributed by atoms with van der Waals surface area (Å²) >= 11 is 0. The van der Waals surface area contributed by atoms with Crippen LogP contribution in [0.2, 0.25) is 0 Å². The van der Waals surface area contributed by atoms with Crippen LogP contribution in [0.4, 0.5) is 5.82 Å². The number of hydrogen-bond donors (Lipinski definition) is 0. The van der Waals surface area contributed by atoms with E-state index in [1.165, 1.54) is 18.4 Å². The van der Waals surface area contributed by atoms with Crippen LogP contribution < -0.4 is 4.90 Å². The average molecular weight is 328 g/mol. The topological polar surface area (TPSA) is 45.4 Å². The molecule has 3 rings (SSSR count). The van der Waals surface area contributed by atoms with E-state index in [1.807, 2.05) is 26.1 Å². The molecule has 1 saturated heterocycles. The molecule has 0 N–H and O–H groups in total. The minimum absolute atomic E-state index is 0.755. The van der Waals surface area contributed by atoms with Gasteiger partial charge in [0.05, 0.1) is 5.69 Å². The third-order valence-electron chi connectivity index (χ3n) is 5.11. The fourth-order valence-electron chi connectivity index (χ4n) is 3.51. The largest absolute Gasteiger partial charge is 0.361 e. The first kappa shape index (κ1) is 17.0. The summed E-state index contributed by atoms with van der Waals surface area (Å²) in [4.78, 5) is 9.40. The van der Waals surface area contributed by atoms with Gasteiger partial charge in [-0.15, -0.1) is 0 Å². The second-order valence-corrected chi connectivity index (χ2v) is 6.75. The second kappa shape index (κ2) is 7.79. The van der Waals surface area contributed by atoms with Gasteiger partial charge in [0, 0.05) is 37.9 Å². The lowest BCUT2D eigenvalue weighted by molar-refractivity contribution is 0.211. The van der Waals surface area contributed by atoms with E-state index in [-0.39, 0.29) is 0 Å². The van der Waals surface area contributed by atoms with E-state index < -0.39 is 0 Å². The van der Waals surface area contributed by atoms with Crippen molar-refractivity contribution in [2.75, 3.05) is 31.1 Å². The Morgan fingerprint density at radius 2 is 2.04 bits per heavy atom. The summed E-state index contributed by atoms with van der Waals surface area (Å²) in [6, 6.07) is 6.15. The molecule has 0 radical (unpaired) electrons. The summed E-state index contributed by atoms with van der Waals surface area (Å²) in [5.74, 6) is 2.82. The third kappa shape index (κ3) is 3.96. The number of hydrogen-bond acceptors (Lipinski definition) is 5. The van der Waals surface area contributed by atoms with Crippen LogP contribution in [0.5, 0.6) is 0 Å². The highest BCUT2D eigenvalue weighted by Gasteiger charge is 2.22. The molecule has 0 aromatic carbocycles. The van der Waals surface area contributed by atoms with E-state index in [1.54, 1.807) is 0 Å². The Morgan fingerprint density at radius 1 is 1.25 bits per heavy atom. The second-order valence-electron chi connectivity index (χ2n) is 6.75. The molecule has 0 unspecified atom stereocenters. The predicted octanol–water partition coefficient (Wildman–Crippen LogP) is 3.42. The van der Waals surface area contributed by atoms with Gasteiger partial charge in [-0.3, -0.25) is 4.90 Å². The van der Waals surface area contributed by atoms with Crippen LogP contribution >= 0.6 is 0 Å². The smallest absolute Gasteiger partial charge is 0.138 e. The molecule has 0 saturated carbocycles. The molecule has 5 nitrogen and oxygen atoms in total. The van der Waals surface area contributed by atoms with Crippen molar-refractivity contribution in [3.8, 4) is 0 Å². The first-order chi connectivity index (χ1) is 11.7. The molecule has 0 aliphatic carbocycles. The van der Waals surface area contributed by atoms with Crippen molar-refractivity contribution < 1.29 is 4.52 Å². The number of anilines is 1. The lowest BCUT2D eigenvalue weighted by Crippen LogP contribution is -2.39. The van der Waals surface area contributed by atoms with Gasteiger partial charge < -0.3 is 9.42 Å². The zero-order chi connectivity index (χ0) is 16.9. The quantitative estimate of drug-likeness (QED) is 0.813. The molecule has 0 spiro atoms. The predicted molar refractivity (Wildman–Crippen MR) is 96.1 cm³/mol. The highest BCUT2D eigenvalue weighted by Crippen LogP contribution is 2.23. The first-order valence-electron chi connectivity index (χ1n) is 8.97. The Morgan fingerprint density at radius 3 is 2.62 bits per heavy atom.